The minimum atomic E-state index is -0.444. The van der Waals surface area contributed by atoms with Gasteiger partial charge in [-0.3, -0.25) is 9.59 Å². The van der Waals surface area contributed by atoms with Gasteiger partial charge in [-0.25, -0.2) is 4.98 Å². The molecule has 0 saturated heterocycles. The number of aromatic nitrogens is 1. The van der Waals surface area contributed by atoms with Crippen molar-refractivity contribution in [1.82, 2.24) is 4.98 Å². The molecule has 0 aliphatic rings. The van der Waals surface area contributed by atoms with Crippen LogP contribution in [0.3, 0.4) is 0 Å². The van der Waals surface area contributed by atoms with Gasteiger partial charge in [-0.2, -0.15) is 0 Å². The number of anilines is 1. The van der Waals surface area contributed by atoms with Gasteiger partial charge in [0.1, 0.15) is 0 Å². The Morgan fingerprint density at radius 2 is 1.59 bits per heavy atom. The number of esters is 1. The van der Waals surface area contributed by atoms with Crippen molar-refractivity contribution in [3.8, 4) is 0 Å². The largest absolute Gasteiger partial charge is 0.469 e. The number of carbonyl (C=O) groups is 2. The number of hydrogen-bond acceptors (Lipinski definition) is 5. The highest BCUT2D eigenvalue weighted by molar-refractivity contribution is 7.16. The van der Waals surface area contributed by atoms with Gasteiger partial charge in [0.2, 0.25) is 5.91 Å². The van der Waals surface area contributed by atoms with Gasteiger partial charge >= 0.3 is 5.97 Å². The second-order valence-corrected chi connectivity index (χ2v) is 7.11. The minimum Gasteiger partial charge on any atom is -0.469 e. The van der Waals surface area contributed by atoms with Crippen LogP contribution in [0.15, 0.2) is 60.7 Å². The van der Waals surface area contributed by atoms with Crippen molar-refractivity contribution in [2.45, 2.75) is 19.3 Å². The first-order chi connectivity index (χ1) is 13.1. The van der Waals surface area contributed by atoms with Gasteiger partial charge < -0.3 is 10.1 Å². The molecular weight excluding hydrogens is 360 g/mol. The first kappa shape index (κ1) is 18.8. The normalized spacial score (nSPS) is 10.6. The molecule has 1 heterocycles. The maximum atomic E-state index is 13.1. The Morgan fingerprint density at radius 1 is 1.04 bits per heavy atom. The molecule has 1 aromatic heterocycles. The van der Waals surface area contributed by atoms with Gasteiger partial charge in [-0.05, 0) is 18.1 Å². The van der Waals surface area contributed by atoms with Crippen molar-refractivity contribution >= 4 is 28.3 Å². The molecule has 0 unspecified atom stereocenters. The Kier molecular flexibility index (Phi) is 5.98. The second-order valence-electron chi connectivity index (χ2n) is 6.02. The first-order valence-corrected chi connectivity index (χ1v) is 9.34. The number of ether oxygens (including phenoxy) is 1. The Bertz CT molecular complexity index is 884. The zero-order valence-electron chi connectivity index (χ0n) is 15.1. The van der Waals surface area contributed by atoms with Crippen LogP contribution in [-0.2, 0) is 20.7 Å². The number of methoxy groups -OCH3 is 1. The predicted octanol–water partition coefficient (Wildman–Crippen LogP) is 3.94. The maximum Gasteiger partial charge on any atom is 0.310 e. The van der Waals surface area contributed by atoms with Gasteiger partial charge in [0.05, 0.1) is 25.1 Å². The van der Waals surface area contributed by atoms with Crippen LogP contribution >= 0.6 is 11.3 Å². The Balaban J connectivity index is 1.86. The minimum absolute atomic E-state index is 0.149. The summed E-state index contributed by atoms with van der Waals surface area (Å²) in [5, 5.41) is 3.39. The second kappa shape index (κ2) is 8.60. The fourth-order valence-corrected chi connectivity index (χ4v) is 3.76. The van der Waals surface area contributed by atoms with Gasteiger partial charge in [-0.1, -0.05) is 60.7 Å². The number of benzene rings is 2. The summed E-state index contributed by atoms with van der Waals surface area (Å²) in [5.74, 6) is -0.933. The van der Waals surface area contributed by atoms with Crippen LogP contribution in [0.25, 0.3) is 0 Å². The highest BCUT2D eigenvalue weighted by Crippen LogP contribution is 2.28. The molecule has 6 heteroatoms. The van der Waals surface area contributed by atoms with Gasteiger partial charge in [0.25, 0.3) is 0 Å². The molecule has 2 aromatic carbocycles. The van der Waals surface area contributed by atoms with Crippen molar-refractivity contribution in [1.29, 1.82) is 0 Å². The van der Waals surface area contributed by atoms with E-state index in [4.69, 9.17) is 4.74 Å². The lowest BCUT2D eigenvalue weighted by Crippen LogP contribution is -2.22. The van der Waals surface area contributed by atoms with Crippen molar-refractivity contribution < 1.29 is 14.3 Å². The molecule has 3 aromatic rings. The van der Waals surface area contributed by atoms with Crippen molar-refractivity contribution in [3.05, 3.63) is 82.4 Å². The van der Waals surface area contributed by atoms with E-state index in [0.717, 1.165) is 21.7 Å². The van der Waals surface area contributed by atoms with Crippen LogP contribution < -0.4 is 5.32 Å². The summed E-state index contributed by atoms with van der Waals surface area (Å²) in [5.41, 5.74) is 2.53. The molecule has 0 bridgehead atoms. The smallest absolute Gasteiger partial charge is 0.310 e. The average Bonchev–Trinajstić information content (AvgIpc) is 3.02. The van der Waals surface area contributed by atoms with Crippen LogP contribution in [-0.4, -0.2) is 24.0 Å². The maximum absolute atomic E-state index is 13.1. The lowest BCUT2D eigenvalue weighted by atomic mass is 9.90. The summed E-state index contributed by atoms with van der Waals surface area (Å²) in [6.07, 6.45) is 0.149. The number of thiazole rings is 1. The Labute approximate surface area is 162 Å². The molecule has 27 heavy (non-hydrogen) atoms. The molecule has 1 N–H and O–H groups in total. The van der Waals surface area contributed by atoms with Gasteiger partial charge in [0, 0.05) is 4.88 Å². The fourth-order valence-electron chi connectivity index (χ4n) is 2.81. The molecule has 1 amide bonds. The van der Waals surface area contributed by atoms with Crippen LogP contribution in [0.1, 0.15) is 27.6 Å². The van der Waals surface area contributed by atoms with Crippen molar-refractivity contribution in [2.75, 3.05) is 12.4 Å². The quantitative estimate of drug-likeness (QED) is 0.658. The summed E-state index contributed by atoms with van der Waals surface area (Å²) in [6, 6.07) is 19.3. The third-order valence-corrected chi connectivity index (χ3v) is 5.26. The molecule has 5 nitrogen and oxygen atoms in total. The number of aryl methyl sites for hydroxylation is 1. The molecule has 3 rings (SSSR count). The number of hydrogen-bond donors (Lipinski definition) is 1. The Morgan fingerprint density at radius 3 is 2.11 bits per heavy atom. The lowest BCUT2D eigenvalue weighted by molar-refractivity contribution is -0.139. The third kappa shape index (κ3) is 4.60. The summed E-state index contributed by atoms with van der Waals surface area (Å²) in [6.45, 7) is 1.82. The number of carbonyl (C=O) groups excluding carboxylic acids is 2. The molecule has 0 atom stereocenters. The fraction of sp³-hybridized carbons (Fsp3) is 0.190. The van der Waals surface area contributed by atoms with E-state index in [1.807, 2.05) is 67.6 Å². The van der Waals surface area contributed by atoms with Gasteiger partial charge in [-0.15, -0.1) is 11.3 Å². The van der Waals surface area contributed by atoms with E-state index in [1.165, 1.54) is 18.4 Å². The van der Waals surface area contributed by atoms with E-state index in [2.05, 4.69) is 10.3 Å². The van der Waals surface area contributed by atoms with E-state index in [1.54, 1.807) is 0 Å². The summed E-state index contributed by atoms with van der Waals surface area (Å²) >= 11 is 1.30. The molecule has 0 fully saturated rings. The molecular formula is C21H20N2O3S. The lowest BCUT2D eigenvalue weighted by Gasteiger charge is -2.17. The summed E-state index contributed by atoms with van der Waals surface area (Å²) in [4.78, 5) is 29.8. The van der Waals surface area contributed by atoms with E-state index in [-0.39, 0.29) is 18.3 Å². The van der Waals surface area contributed by atoms with Crippen molar-refractivity contribution in [2.24, 2.45) is 0 Å². The highest BCUT2D eigenvalue weighted by atomic mass is 32.1. The zero-order valence-corrected chi connectivity index (χ0v) is 16.0. The van der Waals surface area contributed by atoms with E-state index < -0.39 is 5.92 Å². The van der Waals surface area contributed by atoms with Crippen LogP contribution in [0.5, 0.6) is 0 Å². The SMILES string of the molecule is COC(=O)Cc1sc(NC(=O)C(c2ccccc2)c2ccccc2)nc1C. The number of nitrogens with one attached hydrogen (secondary N) is 1. The van der Waals surface area contributed by atoms with E-state index in [9.17, 15) is 9.59 Å². The van der Waals surface area contributed by atoms with E-state index >= 15 is 0 Å². The Hall–Kier alpha value is -2.99. The zero-order chi connectivity index (χ0) is 19.2. The average molecular weight is 380 g/mol. The molecule has 0 spiro atoms. The number of amides is 1. The molecule has 0 aliphatic heterocycles. The van der Waals surface area contributed by atoms with Crippen molar-refractivity contribution in [3.63, 3.8) is 0 Å². The summed E-state index contributed by atoms with van der Waals surface area (Å²) in [7, 11) is 1.35. The monoisotopic (exact) mass is 380 g/mol. The molecule has 0 aliphatic carbocycles. The third-order valence-electron chi connectivity index (χ3n) is 4.18. The molecule has 0 saturated carbocycles. The molecule has 138 valence electrons. The van der Waals surface area contributed by atoms with Crippen LogP contribution in [0, 0.1) is 6.92 Å². The van der Waals surface area contributed by atoms with Crippen LogP contribution in [0.4, 0.5) is 5.13 Å². The molecule has 0 radical (unpaired) electrons. The number of nitrogens with zero attached hydrogens (tertiary/aromatic N) is 1. The van der Waals surface area contributed by atoms with Gasteiger partial charge in [0.15, 0.2) is 5.13 Å². The van der Waals surface area contributed by atoms with E-state index in [0.29, 0.717) is 5.13 Å². The first-order valence-electron chi connectivity index (χ1n) is 8.52. The predicted molar refractivity (Wildman–Crippen MR) is 106 cm³/mol. The topological polar surface area (TPSA) is 68.3 Å². The van der Waals surface area contributed by atoms with Crippen LogP contribution in [0.2, 0.25) is 0 Å². The highest BCUT2D eigenvalue weighted by Gasteiger charge is 2.24. The standard InChI is InChI=1S/C21H20N2O3S/c1-14-17(13-18(24)26-2)27-21(22-14)23-20(25)19(15-9-5-3-6-10-15)16-11-7-4-8-12-16/h3-12,19H,13H2,1-2H3,(H,22,23,25). The summed E-state index contributed by atoms with van der Waals surface area (Å²) < 4.78 is 4.71. The number of rotatable bonds is 6.